The number of carbonyl (C=O) groups excluding carboxylic acids is 1. The van der Waals surface area contributed by atoms with Crippen molar-refractivity contribution in [1.29, 1.82) is 0 Å². The zero-order valence-electron chi connectivity index (χ0n) is 10.3. The van der Waals surface area contributed by atoms with Gasteiger partial charge < -0.3 is 14.5 Å². The Bertz CT molecular complexity index is 704. The molecule has 0 spiro atoms. The summed E-state index contributed by atoms with van der Waals surface area (Å²) in [5, 5.41) is 0.580. The highest BCUT2D eigenvalue weighted by Gasteiger charge is 2.21. The number of fused-ring (bicyclic) bond motifs is 3. The topological polar surface area (TPSA) is 81.3 Å². The number of nitrogens with one attached hydrogen (secondary N) is 1. The van der Waals surface area contributed by atoms with E-state index in [1.807, 2.05) is 0 Å². The van der Waals surface area contributed by atoms with E-state index in [4.69, 9.17) is 9.47 Å². The third-order valence-electron chi connectivity index (χ3n) is 2.94. The summed E-state index contributed by atoms with van der Waals surface area (Å²) in [6.45, 7) is 3.06. The number of H-pyrrole nitrogens is 1. The van der Waals surface area contributed by atoms with Crippen molar-refractivity contribution in [3.63, 3.8) is 0 Å². The Morgan fingerprint density at radius 2 is 2.42 bits per heavy atom. The van der Waals surface area contributed by atoms with Gasteiger partial charge in [0.1, 0.15) is 4.83 Å². The van der Waals surface area contributed by atoms with Gasteiger partial charge in [0, 0.05) is 4.88 Å². The highest BCUT2D eigenvalue weighted by Crippen LogP contribution is 2.31. The van der Waals surface area contributed by atoms with Crippen LogP contribution in [-0.2, 0) is 22.5 Å². The van der Waals surface area contributed by atoms with Gasteiger partial charge in [-0.1, -0.05) is 0 Å². The summed E-state index contributed by atoms with van der Waals surface area (Å²) in [5.41, 5.74) is 0.711. The van der Waals surface area contributed by atoms with E-state index >= 15 is 0 Å². The number of carbonyl (C=O) groups is 1. The molecule has 0 bridgehead atoms. The minimum Gasteiger partial charge on any atom is -0.460 e. The number of rotatable bonds is 2. The predicted octanol–water partition coefficient (Wildman–Crippen LogP) is 1.23. The molecule has 3 heterocycles. The van der Waals surface area contributed by atoms with E-state index in [0.29, 0.717) is 29.9 Å². The Kier molecular flexibility index (Phi) is 3.08. The first-order chi connectivity index (χ1) is 9.20. The van der Waals surface area contributed by atoms with Crippen molar-refractivity contribution >= 4 is 27.5 Å². The van der Waals surface area contributed by atoms with Gasteiger partial charge in [-0.3, -0.25) is 4.79 Å². The molecule has 100 valence electrons. The van der Waals surface area contributed by atoms with Crippen LogP contribution in [0.2, 0.25) is 0 Å². The lowest BCUT2D eigenvalue weighted by molar-refractivity contribution is 0.0512. The summed E-state index contributed by atoms with van der Waals surface area (Å²) in [6.07, 6.45) is 0.707. The second-order valence-electron chi connectivity index (χ2n) is 4.12. The van der Waals surface area contributed by atoms with Crippen LogP contribution in [0.15, 0.2) is 4.79 Å². The smallest absolute Gasteiger partial charge is 0.374 e. The number of nitrogens with zero attached hydrogens (tertiary/aromatic N) is 1. The fourth-order valence-electron chi connectivity index (χ4n) is 2.13. The molecule has 2 aromatic rings. The second-order valence-corrected chi connectivity index (χ2v) is 5.21. The summed E-state index contributed by atoms with van der Waals surface area (Å²) in [4.78, 5) is 32.0. The van der Waals surface area contributed by atoms with E-state index in [1.165, 1.54) is 11.3 Å². The minimum atomic E-state index is -0.607. The van der Waals surface area contributed by atoms with Crippen molar-refractivity contribution < 1.29 is 14.3 Å². The van der Waals surface area contributed by atoms with E-state index < -0.39 is 5.97 Å². The maximum atomic E-state index is 12.1. The number of aromatic amines is 1. The number of hydrogen-bond acceptors (Lipinski definition) is 6. The quantitative estimate of drug-likeness (QED) is 0.837. The van der Waals surface area contributed by atoms with Gasteiger partial charge in [0.15, 0.2) is 0 Å². The predicted molar refractivity (Wildman–Crippen MR) is 69.6 cm³/mol. The molecule has 0 amide bonds. The average Bonchev–Trinajstić information content (AvgIpc) is 2.77. The SMILES string of the molecule is CCOC(=O)c1nc2sc3c(c2c(=O)[nH]1)CCOC3. The van der Waals surface area contributed by atoms with Crippen molar-refractivity contribution in [3.8, 4) is 0 Å². The van der Waals surface area contributed by atoms with Gasteiger partial charge in [0.25, 0.3) is 5.56 Å². The van der Waals surface area contributed by atoms with Crippen LogP contribution in [0.3, 0.4) is 0 Å². The molecule has 3 rings (SSSR count). The molecule has 2 aromatic heterocycles. The summed E-state index contributed by atoms with van der Waals surface area (Å²) >= 11 is 1.40. The van der Waals surface area contributed by atoms with Crippen molar-refractivity contribution in [3.05, 3.63) is 26.6 Å². The van der Waals surface area contributed by atoms with Gasteiger partial charge in [-0.05, 0) is 18.9 Å². The molecular weight excluding hydrogens is 268 g/mol. The number of aromatic nitrogens is 2. The van der Waals surface area contributed by atoms with Crippen LogP contribution in [0, 0.1) is 0 Å². The van der Waals surface area contributed by atoms with E-state index in [9.17, 15) is 9.59 Å². The fraction of sp³-hybridized carbons (Fsp3) is 0.417. The molecule has 0 aliphatic carbocycles. The van der Waals surface area contributed by atoms with Crippen LogP contribution < -0.4 is 5.56 Å². The molecule has 0 saturated heterocycles. The van der Waals surface area contributed by atoms with E-state index in [1.54, 1.807) is 6.92 Å². The molecule has 0 saturated carbocycles. The Labute approximate surface area is 112 Å². The van der Waals surface area contributed by atoms with Gasteiger partial charge in [0.05, 0.1) is 25.2 Å². The first-order valence-electron chi connectivity index (χ1n) is 6.00. The fourth-order valence-corrected chi connectivity index (χ4v) is 3.28. The Morgan fingerprint density at radius 3 is 3.21 bits per heavy atom. The van der Waals surface area contributed by atoms with Gasteiger partial charge in [0.2, 0.25) is 5.82 Å². The number of hydrogen-bond donors (Lipinski definition) is 1. The summed E-state index contributed by atoms with van der Waals surface area (Å²) in [5.74, 6) is -0.650. The normalized spacial score (nSPS) is 14.4. The molecule has 7 heteroatoms. The molecule has 0 unspecified atom stereocenters. The second kappa shape index (κ2) is 4.75. The molecule has 19 heavy (non-hydrogen) atoms. The maximum absolute atomic E-state index is 12.1. The van der Waals surface area contributed by atoms with Crippen LogP contribution in [-0.4, -0.2) is 29.2 Å². The third-order valence-corrected chi connectivity index (χ3v) is 4.04. The zero-order valence-corrected chi connectivity index (χ0v) is 11.1. The summed E-state index contributed by atoms with van der Waals surface area (Å²) < 4.78 is 10.2. The molecule has 0 aromatic carbocycles. The Morgan fingerprint density at radius 1 is 1.58 bits per heavy atom. The molecular formula is C12H12N2O4S. The molecule has 1 aliphatic heterocycles. The third kappa shape index (κ3) is 2.04. The van der Waals surface area contributed by atoms with Crippen LogP contribution in [0.4, 0.5) is 0 Å². The Hall–Kier alpha value is -1.73. The molecule has 0 radical (unpaired) electrons. The first kappa shape index (κ1) is 12.3. The lowest BCUT2D eigenvalue weighted by atomic mass is 10.1. The molecule has 0 fully saturated rings. The lowest BCUT2D eigenvalue weighted by Gasteiger charge is -2.10. The molecule has 1 N–H and O–H groups in total. The van der Waals surface area contributed by atoms with E-state index in [0.717, 1.165) is 10.4 Å². The number of thiophene rings is 1. The van der Waals surface area contributed by atoms with Crippen LogP contribution >= 0.6 is 11.3 Å². The van der Waals surface area contributed by atoms with Crippen molar-refractivity contribution in [2.75, 3.05) is 13.2 Å². The lowest BCUT2D eigenvalue weighted by Crippen LogP contribution is -2.18. The first-order valence-corrected chi connectivity index (χ1v) is 6.81. The molecule has 0 atom stereocenters. The highest BCUT2D eigenvalue weighted by molar-refractivity contribution is 7.18. The Balaban J connectivity index is 2.17. The van der Waals surface area contributed by atoms with Crippen molar-refractivity contribution in [2.45, 2.75) is 20.0 Å². The average molecular weight is 280 g/mol. The van der Waals surface area contributed by atoms with E-state index in [-0.39, 0.29) is 18.0 Å². The largest absolute Gasteiger partial charge is 0.460 e. The van der Waals surface area contributed by atoms with Gasteiger partial charge in [-0.25, -0.2) is 9.78 Å². The standard InChI is InChI=1S/C12H12N2O4S/c1-2-18-12(16)9-13-10(15)8-6-3-4-17-5-7(6)19-11(8)14-9/h2-5H2,1H3,(H,13,14,15). The highest BCUT2D eigenvalue weighted by atomic mass is 32.1. The molecule has 1 aliphatic rings. The molecule has 6 nitrogen and oxygen atoms in total. The van der Waals surface area contributed by atoms with Gasteiger partial charge >= 0.3 is 5.97 Å². The van der Waals surface area contributed by atoms with Crippen molar-refractivity contribution in [1.82, 2.24) is 9.97 Å². The van der Waals surface area contributed by atoms with Crippen molar-refractivity contribution in [2.24, 2.45) is 0 Å². The van der Waals surface area contributed by atoms with Gasteiger partial charge in [-0.2, -0.15) is 0 Å². The zero-order chi connectivity index (χ0) is 13.4. The number of ether oxygens (including phenoxy) is 2. The van der Waals surface area contributed by atoms with Crippen LogP contribution in [0.5, 0.6) is 0 Å². The summed E-state index contributed by atoms with van der Waals surface area (Å²) in [7, 11) is 0. The maximum Gasteiger partial charge on any atom is 0.374 e. The monoisotopic (exact) mass is 280 g/mol. The van der Waals surface area contributed by atoms with Crippen LogP contribution in [0.1, 0.15) is 28.0 Å². The van der Waals surface area contributed by atoms with E-state index in [2.05, 4.69) is 9.97 Å². The van der Waals surface area contributed by atoms with Gasteiger partial charge in [-0.15, -0.1) is 11.3 Å². The summed E-state index contributed by atoms with van der Waals surface area (Å²) in [6, 6.07) is 0. The number of esters is 1. The minimum absolute atomic E-state index is 0.0427. The van der Waals surface area contributed by atoms with Crippen LogP contribution in [0.25, 0.3) is 10.2 Å².